The first kappa shape index (κ1) is 21.8. The molecule has 3 aromatic heterocycles. The number of primary amides is 1. The van der Waals surface area contributed by atoms with Crippen molar-refractivity contribution >= 4 is 61.5 Å². The van der Waals surface area contributed by atoms with Crippen LogP contribution >= 0.6 is 34.4 Å². The average Bonchev–Trinajstić information content (AvgIpc) is 3.32. The zero-order valence-corrected chi connectivity index (χ0v) is 19.4. The van der Waals surface area contributed by atoms with Crippen LogP contribution < -0.4 is 16.6 Å². The molecule has 1 unspecified atom stereocenters. The minimum absolute atomic E-state index is 0.0489. The van der Waals surface area contributed by atoms with Gasteiger partial charge in [0.2, 0.25) is 5.91 Å². The van der Waals surface area contributed by atoms with E-state index in [1.165, 1.54) is 28.0 Å². The maximum Gasteiger partial charge on any atom is 0.263 e. The SMILES string of the molecule is C=CCn1c(SCC(=O)Nc2sccc2C(N)=O)nc2sc3c(c2c1=O)CCC(C)C3. The molecule has 1 aliphatic rings. The fourth-order valence-corrected chi connectivity index (χ4v) is 6.74. The number of nitrogens with one attached hydrogen (secondary N) is 1. The lowest BCUT2D eigenvalue weighted by Gasteiger charge is -2.17. The predicted octanol–water partition coefficient (Wildman–Crippen LogP) is 3.66. The molecule has 162 valence electrons. The first-order chi connectivity index (χ1) is 14.9. The van der Waals surface area contributed by atoms with Crippen molar-refractivity contribution < 1.29 is 9.59 Å². The fourth-order valence-electron chi connectivity index (χ4n) is 3.70. The molecule has 31 heavy (non-hydrogen) atoms. The molecule has 0 saturated carbocycles. The van der Waals surface area contributed by atoms with E-state index >= 15 is 0 Å². The molecule has 2 amide bonds. The molecule has 0 radical (unpaired) electrons. The lowest BCUT2D eigenvalue weighted by molar-refractivity contribution is -0.113. The number of carbonyl (C=O) groups is 2. The third-order valence-electron chi connectivity index (χ3n) is 5.21. The number of rotatable bonds is 7. The van der Waals surface area contributed by atoms with Gasteiger partial charge < -0.3 is 11.1 Å². The van der Waals surface area contributed by atoms with Crippen LogP contribution in [0.25, 0.3) is 10.2 Å². The lowest BCUT2D eigenvalue weighted by atomic mass is 9.89. The van der Waals surface area contributed by atoms with Crippen LogP contribution in [0.3, 0.4) is 0 Å². The number of nitrogens with zero attached hydrogens (tertiary/aromatic N) is 2. The van der Waals surface area contributed by atoms with Crippen LogP contribution in [0.15, 0.2) is 34.1 Å². The standard InChI is InChI=1S/C21H22N4O3S3/c1-3-7-25-20(28)16-12-5-4-11(2)9-14(12)31-19(16)24-21(25)30-10-15(26)23-18-13(17(22)27)6-8-29-18/h3,6,8,11H,1,4-5,7,9-10H2,2H3,(H2,22,27)(H,23,26). The second-order valence-corrected chi connectivity index (χ2v) is 10.4. The highest BCUT2D eigenvalue weighted by molar-refractivity contribution is 7.99. The van der Waals surface area contributed by atoms with E-state index in [1.54, 1.807) is 33.4 Å². The van der Waals surface area contributed by atoms with E-state index in [2.05, 4.69) is 18.8 Å². The number of aryl methyl sites for hydroxylation is 1. The third-order valence-corrected chi connectivity index (χ3v) is 8.16. The first-order valence-corrected chi connectivity index (χ1v) is 12.5. The Morgan fingerprint density at radius 1 is 1.48 bits per heavy atom. The minimum atomic E-state index is -0.591. The molecule has 0 aromatic carbocycles. The molecular weight excluding hydrogens is 452 g/mol. The number of amides is 2. The summed E-state index contributed by atoms with van der Waals surface area (Å²) in [5.74, 6) is -0.232. The summed E-state index contributed by atoms with van der Waals surface area (Å²) >= 11 is 4.02. The molecule has 0 aliphatic heterocycles. The minimum Gasteiger partial charge on any atom is -0.366 e. The summed E-state index contributed by atoms with van der Waals surface area (Å²) in [6.07, 6.45) is 4.61. The quantitative estimate of drug-likeness (QED) is 0.309. The van der Waals surface area contributed by atoms with Gasteiger partial charge >= 0.3 is 0 Å². The summed E-state index contributed by atoms with van der Waals surface area (Å²) < 4.78 is 1.58. The second-order valence-electron chi connectivity index (χ2n) is 7.50. The fraction of sp³-hybridized carbons (Fsp3) is 0.333. The summed E-state index contributed by atoms with van der Waals surface area (Å²) in [6.45, 7) is 6.31. The summed E-state index contributed by atoms with van der Waals surface area (Å²) in [6, 6.07) is 1.58. The topological polar surface area (TPSA) is 107 Å². The maximum absolute atomic E-state index is 13.3. The number of thioether (sulfide) groups is 1. The molecule has 0 fully saturated rings. The second kappa shape index (κ2) is 8.97. The number of nitrogens with two attached hydrogens (primary N) is 1. The Morgan fingerprint density at radius 3 is 3.03 bits per heavy atom. The zero-order valence-electron chi connectivity index (χ0n) is 17.0. The number of fused-ring (bicyclic) bond motifs is 3. The van der Waals surface area contributed by atoms with Crippen molar-refractivity contribution in [3.63, 3.8) is 0 Å². The Balaban J connectivity index is 1.61. The Bertz CT molecular complexity index is 1240. The van der Waals surface area contributed by atoms with Crippen molar-refractivity contribution in [3.05, 3.63) is 50.5 Å². The number of hydrogen-bond acceptors (Lipinski definition) is 7. The van der Waals surface area contributed by atoms with E-state index in [0.29, 0.717) is 28.0 Å². The summed E-state index contributed by atoms with van der Waals surface area (Å²) in [5.41, 5.74) is 6.67. The zero-order chi connectivity index (χ0) is 22.1. The molecule has 0 spiro atoms. The van der Waals surface area contributed by atoms with Crippen molar-refractivity contribution in [2.24, 2.45) is 11.7 Å². The highest BCUT2D eigenvalue weighted by atomic mass is 32.2. The van der Waals surface area contributed by atoms with E-state index in [-0.39, 0.29) is 22.8 Å². The van der Waals surface area contributed by atoms with E-state index in [1.807, 2.05) is 0 Å². The van der Waals surface area contributed by atoms with Crippen LogP contribution in [-0.4, -0.2) is 27.1 Å². The van der Waals surface area contributed by atoms with Crippen molar-refractivity contribution in [1.29, 1.82) is 0 Å². The van der Waals surface area contributed by atoms with Gasteiger partial charge in [-0.2, -0.15) is 0 Å². The molecule has 0 saturated heterocycles. The average molecular weight is 475 g/mol. The van der Waals surface area contributed by atoms with E-state index in [4.69, 9.17) is 10.7 Å². The van der Waals surface area contributed by atoms with Crippen molar-refractivity contribution in [2.75, 3.05) is 11.1 Å². The van der Waals surface area contributed by atoms with Gasteiger partial charge in [-0.15, -0.1) is 29.3 Å². The number of carbonyl (C=O) groups excluding carboxylic acids is 2. The largest absolute Gasteiger partial charge is 0.366 e. The molecule has 3 N–H and O–H groups in total. The molecule has 3 heterocycles. The Morgan fingerprint density at radius 2 is 2.29 bits per heavy atom. The molecule has 1 atom stereocenters. The van der Waals surface area contributed by atoms with Crippen molar-refractivity contribution in [1.82, 2.24) is 9.55 Å². The van der Waals surface area contributed by atoms with Crippen molar-refractivity contribution in [3.8, 4) is 0 Å². The van der Waals surface area contributed by atoms with Crippen LogP contribution in [0.1, 0.15) is 34.1 Å². The number of thiophene rings is 2. The summed E-state index contributed by atoms with van der Waals surface area (Å²) in [4.78, 5) is 43.9. The van der Waals surface area contributed by atoms with Gasteiger partial charge in [-0.3, -0.25) is 19.0 Å². The van der Waals surface area contributed by atoms with Gasteiger partial charge in [0.25, 0.3) is 11.5 Å². The maximum atomic E-state index is 13.3. The number of hydrogen-bond donors (Lipinski definition) is 2. The predicted molar refractivity (Wildman–Crippen MR) is 127 cm³/mol. The first-order valence-electron chi connectivity index (χ1n) is 9.85. The van der Waals surface area contributed by atoms with Gasteiger partial charge in [0.05, 0.1) is 16.7 Å². The van der Waals surface area contributed by atoms with Gasteiger partial charge in [0, 0.05) is 11.4 Å². The van der Waals surface area contributed by atoms with Crippen LogP contribution in [0, 0.1) is 5.92 Å². The van der Waals surface area contributed by atoms with E-state index in [9.17, 15) is 14.4 Å². The van der Waals surface area contributed by atoms with Crippen LogP contribution in [0.2, 0.25) is 0 Å². The van der Waals surface area contributed by atoms with E-state index in [0.717, 1.165) is 29.7 Å². The lowest BCUT2D eigenvalue weighted by Crippen LogP contribution is -2.24. The Kier molecular flexibility index (Phi) is 6.31. The molecule has 7 nitrogen and oxygen atoms in total. The molecule has 4 rings (SSSR count). The molecule has 3 aromatic rings. The van der Waals surface area contributed by atoms with Gasteiger partial charge in [0.15, 0.2) is 5.16 Å². The van der Waals surface area contributed by atoms with Crippen LogP contribution in [-0.2, 0) is 24.2 Å². The summed E-state index contributed by atoms with van der Waals surface area (Å²) in [7, 11) is 0. The molecule has 1 aliphatic carbocycles. The normalized spacial score (nSPS) is 15.6. The number of allylic oxidation sites excluding steroid dienone is 1. The molecule has 10 heteroatoms. The van der Waals surface area contributed by atoms with E-state index < -0.39 is 5.91 Å². The highest BCUT2D eigenvalue weighted by Gasteiger charge is 2.25. The van der Waals surface area contributed by atoms with Gasteiger partial charge in [-0.05, 0) is 42.2 Å². The number of aromatic nitrogens is 2. The van der Waals surface area contributed by atoms with Crippen molar-refractivity contribution in [2.45, 2.75) is 37.9 Å². The smallest absolute Gasteiger partial charge is 0.263 e. The summed E-state index contributed by atoms with van der Waals surface area (Å²) in [5, 5.41) is 6.03. The monoisotopic (exact) mass is 474 g/mol. The van der Waals surface area contributed by atoms with Crippen LogP contribution in [0.4, 0.5) is 5.00 Å². The van der Waals surface area contributed by atoms with Crippen LogP contribution in [0.5, 0.6) is 0 Å². The molecular formula is C21H22N4O3S3. The number of anilines is 1. The molecule has 0 bridgehead atoms. The highest BCUT2D eigenvalue weighted by Crippen LogP contribution is 2.36. The Hall–Kier alpha value is -2.43. The van der Waals surface area contributed by atoms with Gasteiger partial charge in [-0.25, -0.2) is 4.98 Å². The van der Waals surface area contributed by atoms with Gasteiger partial charge in [-0.1, -0.05) is 24.8 Å². The van der Waals surface area contributed by atoms with Gasteiger partial charge in [0.1, 0.15) is 9.83 Å². The Labute approximate surface area is 191 Å². The third kappa shape index (κ3) is 4.32.